The summed E-state index contributed by atoms with van der Waals surface area (Å²) in [6.45, 7) is 0. The molecule has 4 N–H and O–H groups in total. The van der Waals surface area contributed by atoms with Gasteiger partial charge in [-0.3, -0.25) is 0 Å². The quantitative estimate of drug-likeness (QED) is 0.327. The first kappa shape index (κ1) is 7.94. The van der Waals surface area contributed by atoms with Gasteiger partial charge in [0.1, 0.15) is 12.2 Å². The number of hydrogen-bond acceptors (Lipinski definition) is 4. The third-order valence-corrected chi connectivity index (χ3v) is 1.90. The third kappa shape index (κ3) is 1.29. The molecule has 0 aromatic rings. The minimum absolute atomic E-state index is 0.347. The van der Waals surface area contributed by atoms with E-state index in [-0.39, 0.29) is 0 Å². The van der Waals surface area contributed by atoms with Gasteiger partial charge in [0.2, 0.25) is 0 Å². The van der Waals surface area contributed by atoms with E-state index in [1.807, 2.05) is 0 Å². The zero-order valence-corrected chi connectivity index (χ0v) is 5.51. The highest BCUT2D eigenvalue weighted by Crippen LogP contribution is 2.19. The lowest BCUT2D eigenvalue weighted by atomic mass is 9.90. The van der Waals surface area contributed by atoms with Crippen molar-refractivity contribution in [2.45, 2.75) is 37.3 Å². The lowest BCUT2D eigenvalue weighted by Gasteiger charge is -2.31. The van der Waals surface area contributed by atoms with Gasteiger partial charge in [-0.2, -0.15) is 0 Å². The van der Waals surface area contributed by atoms with Crippen molar-refractivity contribution in [2.24, 2.45) is 0 Å². The van der Waals surface area contributed by atoms with Crippen molar-refractivity contribution in [1.29, 1.82) is 0 Å². The monoisotopic (exact) mass is 148 g/mol. The van der Waals surface area contributed by atoms with E-state index in [1.165, 1.54) is 0 Å². The van der Waals surface area contributed by atoms with Gasteiger partial charge in [0.25, 0.3) is 0 Å². The predicted octanol–water partition coefficient (Wildman–Crippen LogP) is -1.78. The standard InChI is InChI=1S/C6H12O4/c7-3-1-2-4(8)6(10)5(3)9/h3-10H,1-2H2/t3-,4+,5-,6-/m1/s1. The molecule has 0 radical (unpaired) electrons. The summed E-state index contributed by atoms with van der Waals surface area (Å²) in [5, 5.41) is 35.8. The number of hydrogen-bond donors (Lipinski definition) is 4. The fourth-order valence-corrected chi connectivity index (χ4v) is 1.14. The van der Waals surface area contributed by atoms with Crippen LogP contribution in [0.3, 0.4) is 0 Å². The van der Waals surface area contributed by atoms with Gasteiger partial charge in [-0.25, -0.2) is 0 Å². The van der Waals surface area contributed by atoms with Gasteiger partial charge in [-0.1, -0.05) is 0 Å². The van der Waals surface area contributed by atoms with Crippen molar-refractivity contribution in [2.75, 3.05) is 0 Å². The van der Waals surface area contributed by atoms with E-state index in [0.717, 1.165) is 0 Å². The van der Waals surface area contributed by atoms with Crippen LogP contribution in [-0.2, 0) is 0 Å². The second kappa shape index (κ2) is 2.84. The summed E-state index contributed by atoms with van der Waals surface area (Å²) < 4.78 is 0. The zero-order chi connectivity index (χ0) is 7.72. The van der Waals surface area contributed by atoms with E-state index in [0.29, 0.717) is 12.8 Å². The molecule has 1 aliphatic rings. The Balaban J connectivity index is 2.52. The van der Waals surface area contributed by atoms with Crippen LogP contribution in [0.1, 0.15) is 12.8 Å². The van der Waals surface area contributed by atoms with Crippen molar-refractivity contribution >= 4 is 0 Å². The van der Waals surface area contributed by atoms with E-state index in [1.54, 1.807) is 0 Å². The van der Waals surface area contributed by atoms with E-state index in [2.05, 4.69) is 0 Å². The Labute approximate surface area is 58.7 Å². The Morgan fingerprint density at radius 2 is 1.00 bits per heavy atom. The second-order valence-corrected chi connectivity index (χ2v) is 2.69. The van der Waals surface area contributed by atoms with E-state index < -0.39 is 24.4 Å². The number of aliphatic hydroxyl groups is 4. The average Bonchev–Trinajstić information content (AvgIpc) is 1.93. The molecular formula is C6H12O4. The Hall–Kier alpha value is -0.160. The molecule has 0 amide bonds. The molecule has 0 heterocycles. The van der Waals surface area contributed by atoms with E-state index >= 15 is 0 Å². The molecule has 0 aliphatic heterocycles. The number of aliphatic hydroxyl groups excluding tert-OH is 4. The van der Waals surface area contributed by atoms with Crippen molar-refractivity contribution in [3.63, 3.8) is 0 Å². The van der Waals surface area contributed by atoms with Crippen molar-refractivity contribution in [3.05, 3.63) is 0 Å². The SMILES string of the molecule is O[C@H]1[C@H](O)[C@@H](O)CC[C@H]1O. The van der Waals surface area contributed by atoms with Gasteiger partial charge in [0, 0.05) is 0 Å². The molecule has 0 aromatic heterocycles. The molecule has 4 heteroatoms. The smallest absolute Gasteiger partial charge is 0.108 e. The molecule has 0 bridgehead atoms. The molecule has 4 nitrogen and oxygen atoms in total. The zero-order valence-electron chi connectivity index (χ0n) is 5.51. The molecule has 0 unspecified atom stereocenters. The van der Waals surface area contributed by atoms with Crippen LogP contribution in [0, 0.1) is 0 Å². The highest BCUT2D eigenvalue weighted by Gasteiger charge is 2.34. The van der Waals surface area contributed by atoms with Gasteiger partial charge in [0.15, 0.2) is 0 Å². The van der Waals surface area contributed by atoms with Crippen LogP contribution in [0.2, 0.25) is 0 Å². The maximum Gasteiger partial charge on any atom is 0.108 e. The van der Waals surface area contributed by atoms with Crippen LogP contribution in [0.25, 0.3) is 0 Å². The molecular weight excluding hydrogens is 136 g/mol. The third-order valence-electron chi connectivity index (χ3n) is 1.90. The van der Waals surface area contributed by atoms with Gasteiger partial charge in [-0.15, -0.1) is 0 Å². The summed E-state index contributed by atoms with van der Waals surface area (Å²) in [5.74, 6) is 0. The summed E-state index contributed by atoms with van der Waals surface area (Å²) in [4.78, 5) is 0. The van der Waals surface area contributed by atoms with E-state index in [4.69, 9.17) is 20.4 Å². The molecule has 10 heavy (non-hydrogen) atoms. The minimum Gasteiger partial charge on any atom is -0.390 e. The van der Waals surface area contributed by atoms with Crippen molar-refractivity contribution < 1.29 is 20.4 Å². The molecule has 1 rings (SSSR count). The van der Waals surface area contributed by atoms with Crippen LogP contribution >= 0.6 is 0 Å². The first-order valence-corrected chi connectivity index (χ1v) is 3.35. The van der Waals surface area contributed by atoms with Gasteiger partial charge in [-0.05, 0) is 12.8 Å². The van der Waals surface area contributed by atoms with Gasteiger partial charge < -0.3 is 20.4 Å². The molecule has 0 aromatic carbocycles. The maximum absolute atomic E-state index is 8.96. The summed E-state index contributed by atoms with van der Waals surface area (Å²) in [6.07, 6.45) is -3.47. The number of rotatable bonds is 0. The highest BCUT2D eigenvalue weighted by molar-refractivity contribution is 4.86. The minimum atomic E-state index is -1.19. The van der Waals surface area contributed by atoms with Crippen molar-refractivity contribution in [3.8, 4) is 0 Å². The molecule has 1 fully saturated rings. The first-order chi connectivity index (χ1) is 4.63. The fraction of sp³-hybridized carbons (Fsp3) is 1.00. The lowest BCUT2D eigenvalue weighted by Crippen LogP contribution is -2.48. The summed E-state index contributed by atoms with van der Waals surface area (Å²) >= 11 is 0. The Morgan fingerprint density at radius 3 is 1.30 bits per heavy atom. The normalized spacial score (nSPS) is 49.2. The maximum atomic E-state index is 8.96. The molecule has 0 saturated heterocycles. The van der Waals surface area contributed by atoms with Crippen LogP contribution in [-0.4, -0.2) is 44.8 Å². The first-order valence-electron chi connectivity index (χ1n) is 3.35. The summed E-state index contributed by atoms with van der Waals surface area (Å²) in [6, 6.07) is 0. The molecule has 60 valence electrons. The van der Waals surface area contributed by atoms with E-state index in [9.17, 15) is 0 Å². The average molecular weight is 148 g/mol. The Morgan fingerprint density at radius 1 is 0.700 bits per heavy atom. The summed E-state index contributed by atoms with van der Waals surface area (Å²) in [7, 11) is 0. The van der Waals surface area contributed by atoms with Gasteiger partial charge >= 0.3 is 0 Å². The predicted molar refractivity (Wildman–Crippen MR) is 33.3 cm³/mol. The van der Waals surface area contributed by atoms with Crippen LogP contribution in [0.4, 0.5) is 0 Å². The van der Waals surface area contributed by atoms with Crippen LogP contribution < -0.4 is 0 Å². The lowest BCUT2D eigenvalue weighted by molar-refractivity contribution is -0.135. The van der Waals surface area contributed by atoms with Crippen LogP contribution in [0.5, 0.6) is 0 Å². The highest BCUT2D eigenvalue weighted by atomic mass is 16.4. The Bertz CT molecular complexity index is 102. The molecule has 4 atom stereocenters. The summed E-state index contributed by atoms with van der Waals surface area (Å²) in [5.41, 5.74) is 0. The fourth-order valence-electron chi connectivity index (χ4n) is 1.14. The van der Waals surface area contributed by atoms with Crippen molar-refractivity contribution in [1.82, 2.24) is 0 Å². The van der Waals surface area contributed by atoms with Gasteiger partial charge in [0.05, 0.1) is 12.2 Å². The molecule has 1 saturated carbocycles. The van der Waals surface area contributed by atoms with Crippen LogP contribution in [0.15, 0.2) is 0 Å². The second-order valence-electron chi connectivity index (χ2n) is 2.69. The topological polar surface area (TPSA) is 80.9 Å². The molecule has 1 aliphatic carbocycles. The Kier molecular flexibility index (Phi) is 2.25. The molecule has 0 spiro atoms. The largest absolute Gasteiger partial charge is 0.390 e.